The van der Waals surface area contributed by atoms with E-state index >= 15 is 0 Å². The number of benzene rings is 3. The van der Waals surface area contributed by atoms with Gasteiger partial charge in [-0.05, 0) is 35.4 Å². The van der Waals surface area contributed by atoms with E-state index in [1.165, 1.54) is 7.11 Å². The van der Waals surface area contributed by atoms with Crippen LogP contribution in [0.3, 0.4) is 0 Å². The number of carbonyl (C=O) groups is 2. The van der Waals surface area contributed by atoms with E-state index in [4.69, 9.17) is 21.4 Å². The second-order valence-corrected chi connectivity index (χ2v) is 8.27. The number of esters is 1. The normalized spacial score (nSPS) is 10.8. The van der Waals surface area contributed by atoms with Crippen molar-refractivity contribution < 1.29 is 19.4 Å². The van der Waals surface area contributed by atoms with Crippen molar-refractivity contribution in [1.82, 2.24) is 10.3 Å². The van der Waals surface area contributed by atoms with Crippen molar-refractivity contribution in [3.8, 4) is 11.1 Å². The molecule has 0 bridgehead atoms. The Hall–Kier alpha value is -3.94. The van der Waals surface area contributed by atoms with E-state index in [9.17, 15) is 14.4 Å². The zero-order chi connectivity index (χ0) is 24.9. The van der Waals surface area contributed by atoms with Gasteiger partial charge in [-0.25, -0.2) is 4.79 Å². The number of nitrogens with one attached hydrogen (secondary N) is 2. The minimum absolute atomic E-state index is 0.0502. The summed E-state index contributed by atoms with van der Waals surface area (Å²) in [6.07, 6.45) is 0.150. The molecule has 1 heterocycles. The van der Waals surface area contributed by atoms with E-state index in [-0.39, 0.29) is 42.2 Å². The number of rotatable bonds is 7. The molecule has 0 saturated carbocycles. The summed E-state index contributed by atoms with van der Waals surface area (Å²) < 4.78 is 4.97. The maximum Gasteiger partial charge on any atom is 0.354 e. The molecular weight excluding hydrogens is 468 g/mol. The van der Waals surface area contributed by atoms with Gasteiger partial charge in [-0.2, -0.15) is 0 Å². The first kappa shape index (κ1) is 24.2. The summed E-state index contributed by atoms with van der Waals surface area (Å²) in [5, 5.41) is 12.3. The Morgan fingerprint density at radius 1 is 1.03 bits per heavy atom. The van der Waals surface area contributed by atoms with E-state index in [2.05, 4.69) is 10.3 Å². The standard InChI is InChI=1S/C27H23ClN2O5/c1-35-27(34)24-20(15-16-7-9-18(10-8-16)26(33)29-13-14-31)25(32)19-11-12-21(28)22(23(19)30-24)17-5-3-2-4-6-17/h2-12,31H,13-15H2,1H3,(H,29,33)(H,30,32). The quantitative estimate of drug-likeness (QED) is 0.340. The average Bonchev–Trinajstić information content (AvgIpc) is 2.89. The van der Waals surface area contributed by atoms with Gasteiger partial charge in [0.2, 0.25) is 0 Å². The van der Waals surface area contributed by atoms with Crippen molar-refractivity contribution in [3.05, 3.63) is 104 Å². The number of hydrogen-bond acceptors (Lipinski definition) is 5. The molecule has 7 nitrogen and oxygen atoms in total. The fourth-order valence-corrected chi connectivity index (χ4v) is 4.22. The molecule has 0 unspecified atom stereocenters. The molecule has 0 aliphatic heterocycles. The Morgan fingerprint density at radius 3 is 2.40 bits per heavy atom. The largest absolute Gasteiger partial charge is 0.464 e. The molecule has 0 aliphatic carbocycles. The lowest BCUT2D eigenvalue weighted by Gasteiger charge is -2.14. The molecule has 0 spiro atoms. The van der Waals surface area contributed by atoms with E-state index in [1.807, 2.05) is 30.3 Å². The molecule has 8 heteroatoms. The topological polar surface area (TPSA) is 108 Å². The van der Waals surface area contributed by atoms with Crippen molar-refractivity contribution in [2.45, 2.75) is 6.42 Å². The number of aliphatic hydroxyl groups is 1. The van der Waals surface area contributed by atoms with Gasteiger partial charge in [0, 0.05) is 35.0 Å². The van der Waals surface area contributed by atoms with Crippen LogP contribution in [0.15, 0.2) is 71.5 Å². The number of aromatic amines is 1. The second-order valence-electron chi connectivity index (χ2n) is 7.86. The lowest BCUT2D eigenvalue weighted by atomic mass is 9.96. The number of fused-ring (bicyclic) bond motifs is 1. The molecule has 0 atom stereocenters. The summed E-state index contributed by atoms with van der Waals surface area (Å²) in [7, 11) is 1.25. The van der Waals surface area contributed by atoms with Crippen molar-refractivity contribution in [2.75, 3.05) is 20.3 Å². The van der Waals surface area contributed by atoms with Crippen LogP contribution in [0.1, 0.15) is 32.0 Å². The molecule has 178 valence electrons. The lowest BCUT2D eigenvalue weighted by Crippen LogP contribution is -2.26. The van der Waals surface area contributed by atoms with Crippen LogP contribution < -0.4 is 10.7 Å². The molecule has 0 saturated heterocycles. The zero-order valence-corrected chi connectivity index (χ0v) is 19.7. The Morgan fingerprint density at radius 2 is 1.74 bits per heavy atom. The van der Waals surface area contributed by atoms with Crippen LogP contribution in [0.25, 0.3) is 22.0 Å². The van der Waals surface area contributed by atoms with E-state index in [0.29, 0.717) is 27.1 Å². The first-order chi connectivity index (χ1) is 16.9. The highest BCUT2D eigenvalue weighted by Gasteiger charge is 2.22. The highest BCUT2D eigenvalue weighted by atomic mass is 35.5. The maximum absolute atomic E-state index is 13.6. The van der Waals surface area contributed by atoms with Crippen molar-refractivity contribution in [2.24, 2.45) is 0 Å². The molecule has 3 aromatic carbocycles. The van der Waals surface area contributed by atoms with Crippen LogP contribution in [0.5, 0.6) is 0 Å². The number of amides is 1. The van der Waals surface area contributed by atoms with Crippen LogP contribution in [0, 0.1) is 0 Å². The number of halogens is 1. The minimum Gasteiger partial charge on any atom is -0.464 e. The van der Waals surface area contributed by atoms with Crippen LogP contribution in [0.4, 0.5) is 0 Å². The molecule has 4 rings (SSSR count). The number of hydrogen-bond donors (Lipinski definition) is 3. The number of carbonyl (C=O) groups excluding carboxylic acids is 2. The zero-order valence-electron chi connectivity index (χ0n) is 18.9. The summed E-state index contributed by atoms with van der Waals surface area (Å²) in [4.78, 5) is 41.5. The van der Waals surface area contributed by atoms with Crippen molar-refractivity contribution in [1.29, 1.82) is 0 Å². The van der Waals surface area contributed by atoms with Crippen molar-refractivity contribution in [3.63, 3.8) is 0 Å². The molecule has 4 aromatic rings. The number of methoxy groups -OCH3 is 1. The van der Waals surface area contributed by atoms with Gasteiger partial charge in [0.25, 0.3) is 5.91 Å². The highest BCUT2D eigenvalue weighted by molar-refractivity contribution is 6.35. The lowest BCUT2D eigenvalue weighted by molar-refractivity contribution is 0.0593. The van der Waals surface area contributed by atoms with Gasteiger partial charge in [-0.3, -0.25) is 9.59 Å². The van der Waals surface area contributed by atoms with Crippen LogP contribution >= 0.6 is 11.6 Å². The van der Waals surface area contributed by atoms with Gasteiger partial charge in [-0.1, -0.05) is 54.1 Å². The molecule has 1 aromatic heterocycles. The number of pyridine rings is 1. The third-order valence-electron chi connectivity index (χ3n) is 5.67. The molecule has 0 fully saturated rings. The number of aromatic nitrogens is 1. The summed E-state index contributed by atoms with van der Waals surface area (Å²) in [5.41, 5.74) is 3.03. The van der Waals surface area contributed by atoms with E-state index in [1.54, 1.807) is 36.4 Å². The van der Waals surface area contributed by atoms with Gasteiger partial charge in [0.05, 0.1) is 24.3 Å². The van der Waals surface area contributed by atoms with Crippen LogP contribution in [-0.4, -0.2) is 42.2 Å². The molecule has 35 heavy (non-hydrogen) atoms. The molecule has 3 N–H and O–H groups in total. The Kier molecular flexibility index (Phi) is 7.29. The van der Waals surface area contributed by atoms with Gasteiger partial charge in [0.1, 0.15) is 5.69 Å². The predicted octanol–water partition coefficient (Wildman–Crippen LogP) is 3.95. The molecule has 0 aliphatic rings. The summed E-state index contributed by atoms with van der Waals surface area (Å²) in [6, 6.07) is 19.4. The molecule has 1 amide bonds. The number of ether oxygens (including phenoxy) is 1. The fourth-order valence-electron chi connectivity index (χ4n) is 3.95. The first-order valence-electron chi connectivity index (χ1n) is 10.9. The number of H-pyrrole nitrogens is 1. The molecule has 0 radical (unpaired) electrons. The van der Waals surface area contributed by atoms with E-state index in [0.717, 1.165) is 11.1 Å². The average molecular weight is 491 g/mol. The number of aliphatic hydroxyl groups excluding tert-OH is 1. The van der Waals surface area contributed by atoms with Gasteiger partial charge < -0.3 is 20.1 Å². The fraction of sp³-hybridized carbons (Fsp3) is 0.148. The minimum atomic E-state index is -0.669. The van der Waals surface area contributed by atoms with Crippen molar-refractivity contribution >= 4 is 34.4 Å². The first-order valence-corrected chi connectivity index (χ1v) is 11.3. The van der Waals surface area contributed by atoms with E-state index < -0.39 is 5.97 Å². The second kappa shape index (κ2) is 10.5. The highest BCUT2D eigenvalue weighted by Crippen LogP contribution is 2.34. The summed E-state index contributed by atoms with van der Waals surface area (Å²) in [5.74, 6) is -0.979. The van der Waals surface area contributed by atoms with Gasteiger partial charge in [-0.15, -0.1) is 0 Å². The van der Waals surface area contributed by atoms with Crippen LogP contribution in [-0.2, 0) is 11.2 Å². The van der Waals surface area contributed by atoms with Gasteiger partial charge in [0.15, 0.2) is 5.43 Å². The summed E-state index contributed by atoms with van der Waals surface area (Å²) >= 11 is 6.51. The smallest absolute Gasteiger partial charge is 0.354 e. The maximum atomic E-state index is 13.6. The Balaban J connectivity index is 1.82. The third kappa shape index (κ3) is 4.96. The van der Waals surface area contributed by atoms with Crippen LogP contribution in [0.2, 0.25) is 5.02 Å². The Labute approximate surface area is 206 Å². The predicted molar refractivity (Wildman–Crippen MR) is 135 cm³/mol. The monoisotopic (exact) mass is 490 g/mol. The molecular formula is C27H23ClN2O5. The SMILES string of the molecule is COC(=O)c1[nH]c2c(-c3ccccc3)c(Cl)ccc2c(=O)c1Cc1ccc(C(=O)NCCO)cc1. The third-order valence-corrected chi connectivity index (χ3v) is 5.99. The van der Waals surface area contributed by atoms with Gasteiger partial charge >= 0.3 is 5.97 Å². The summed E-state index contributed by atoms with van der Waals surface area (Å²) in [6.45, 7) is 0.00654. The Bertz CT molecular complexity index is 1450.